The standard InChI is InChI=1S/C21H18BrIN2O4S/c1-3-12-4-6-14(7-5-12)24-21-25-20(27)17(30-21)10-13-8-15(22)19(16(23)9-13)29-11-18(26)28-2/h4-10H,3,11H2,1-2H3,(H,24,25,27)/b17-10-. The highest BCUT2D eigenvalue weighted by molar-refractivity contribution is 14.1. The summed E-state index contributed by atoms with van der Waals surface area (Å²) in [6.07, 6.45) is 2.76. The van der Waals surface area contributed by atoms with Gasteiger partial charge in [0.25, 0.3) is 5.91 Å². The van der Waals surface area contributed by atoms with Gasteiger partial charge in [-0.3, -0.25) is 4.79 Å². The second-order valence-corrected chi connectivity index (χ2v) is 9.23. The molecule has 0 aliphatic carbocycles. The molecular formula is C21H18BrIN2O4S. The third-order valence-electron chi connectivity index (χ3n) is 4.11. The van der Waals surface area contributed by atoms with Crippen molar-refractivity contribution in [1.29, 1.82) is 0 Å². The van der Waals surface area contributed by atoms with Gasteiger partial charge < -0.3 is 14.8 Å². The van der Waals surface area contributed by atoms with Crippen molar-refractivity contribution in [3.63, 3.8) is 0 Å². The molecule has 1 heterocycles. The smallest absolute Gasteiger partial charge is 0.343 e. The highest BCUT2D eigenvalue weighted by atomic mass is 127. The van der Waals surface area contributed by atoms with Crippen LogP contribution in [0.2, 0.25) is 0 Å². The number of ether oxygens (including phenoxy) is 2. The van der Waals surface area contributed by atoms with E-state index in [-0.39, 0.29) is 12.5 Å². The molecule has 0 spiro atoms. The maximum atomic E-state index is 12.4. The molecule has 6 nitrogen and oxygen atoms in total. The van der Waals surface area contributed by atoms with Crippen LogP contribution in [0.15, 0.2) is 50.8 Å². The van der Waals surface area contributed by atoms with Gasteiger partial charge >= 0.3 is 5.97 Å². The molecule has 1 fully saturated rings. The topological polar surface area (TPSA) is 77.0 Å². The van der Waals surface area contributed by atoms with Crippen molar-refractivity contribution in [2.75, 3.05) is 13.7 Å². The Morgan fingerprint density at radius 2 is 2.03 bits per heavy atom. The molecule has 0 bridgehead atoms. The minimum absolute atomic E-state index is 0.178. The number of halogens is 2. The number of nitrogens with one attached hydrogen (secondary N) is 1. The molecule has 0 saturated carbocycles. The molecule has 2 aromatic rings. The highest BCUT2D eigenvalue weighted by Gasteiger charge is 2.24. The summed E-state index contributed by atoms with van der Waals surface area (Å²) in [5.74, 6) is -0.107. The van der Waals surface area contributed by atoms with Crippen molar-refractivity contribution in [1.82, 2.24) is 5.32 Å². The molecule has 0 radical (unpaired) electrons. The molecule has 1 amide bonds. The van der Waals surface area contributed by atoms with Crippen molar-refractivity contribution in [2.24, 2.45) is 4.99 Å². The Morgan fingerprint density at radius 3 is 2.67 bits per heavy atom. The first-order valence-electron chi connectivity index (χ1n) is 8.96. The second-order valence-electron chi connectivity index (χ2n) is 6.18. The van der Waals surface area contributed by atoms with Crippen molar-refractivity contribution in [3.05, 3.63) is 60.5 Å². The van der Waals surface area contributed by atoms with Gasteiger partial charge in [-0.25, -0.2) is 9.79 Å². The van der Waals surface area contributed by atoms with Crippen LogP contribution in [-0.2, 0) is 20.7 Å². The van der Waals surface area contributed by atoms with Gasteiger partial charge in [-0.1, -0.05) is 19.1 Å². The summed E-state index contributed by atoms with van der Waals surface area (Å²) in [6.45, 7) is 1.92. The zero-order chi connectivity index (χ0) is 21.7. The monoisotopic (exact) mass is 600 g/mol. The minimum Gasteiger partial charge on any atom is -0.480 e. The molecule has 1 N–H and O–H groups in total. The summed E-state index contributed by atoms with van der Waals surface area (Å²) in [6, 6.07) is 11.6. The molecule has 3 rings (SSSR count). The van der Waals surface area contributed by atoms with Gasteiger partial charge in [0.15, 0.2) is 11.8 Å². The van der Waals surface area contributed by atoms with Crippen LogP contribution in [0.4, 0.5) is 5.69 Å². The van der Waals surface area contributed by atoms with Crippen molar-refractivity contribution in [3.8, 4) is 5.75 Å². The first kappa shape index (κ1) is 22.8. The third-order valence-corrected chi connectivity index (χ3v) is 6.41. The molecule has 1 saturated heterocycles. The molecule has 0 atom stereocenters. The number of hydrogen-bond donors (Lipinski definition) is 1. The summed E-state index contributed by atoms with van der Waals surface area (Å²) in [5.41, 5.74) is 2.85. The minimum atomic E-state index is -0.459. The SMILES string of the molecule is CCc1ccc(N=C2NC(=O)/C(=C/c3cc(Br)c(OCC(=O)OC)c(I)c3)S2)cc1. The van der Waals surface area contributed by atoms with Crippen LogP contribution in [0.3, 0.4) is 0 Å². The zero-order valence-corrected chi connectivity index (χ0v) is 20.8. The number of amidine groups is 1. The fourth-order valence-electron chi connectivity index (χ4n) is 2.55. The van der Waals surface area contributed by atoms with Crippen LogP contribution in [0.1, 0.15) is 18.1 Å². The number of benzene rings is 2. The number of amides is 1. The Morgan fingerprint density at radius 1 is 1.30 bits per heavy atom. The molecule has 156 valence electrons. The highest BCUT2D eigenvalue weighted by Crippen LogP contribution is 2.34. The number of carbonyl (C=O) groups is 2. The second kappa shape index (κ2) is 10.5. The number of carbonyl (C=O) groups excluding carboxylic acids is 2. The Hall–Kier alpha value is -1.85. The first-order valence-corrected chi connectivity index (χ1v) is 11.7. The van der Waals surface area contributed by atoms with E-state index in [2.05, 4.69) is 60.5 Å². The molecule has 9 heteroatoms. The van der Waals surface area contributed by atoms with Gasteiger partial charge in [-0.2, -0.15) is 0 Å². The largest absolute Gasteiger partial charge is 0.480 e. The van der Waals surface area contributed by atoms with Crippen LogP contribution < -0.4 is 10.1 Å². The van der Waals surface area contributed by atoms with E-state index in [9.17, 15) is 9.59 Å². The fraction of sp³-hybridized carbons (Fsp3) is 0.190. The summed E-state index contributed by atoms with van der Waals surface area (Å²) < 4.78 is 11.6. The van der Waals surface area contributed by atoms with Crippen molar-refractivity contribution in [2.45, 2.75) is 13.3 Å². The molecule has 30 heavy (non-hydrogen) atoms. The Balaban J connectivity index is 1.77. The fourth-order valence-corrected chi connectivity index (χ4v) is 5.16. The van der Waals surface area contributed by atoms with Crippen molar-refractivity contribution >= 4 is 79.1 Å². The maximum Gasteiger partial charge on any atom is 0.343 e. The van der Waals surface area contributed by atoms with Gasteiger partial charge in [-0.05, 0) is 98.2 Å². The molecule has 1 aliphatic rings. The lowest BCUT2D eigenvalue weighted by atomic mass is 10.2. The normalized spacial score (nSPS) is 16.1. The third kappa shape index (κ3) is 5.86. The molecule has 1 aliphatic heterocycles. The average molecular weight is 601 g/mol. The van der Waals surface area contributed by atoms with Crippen LogP contribution in [0.25, 0.3) is 6.08 Å². The van der Waals surface area contributed by atoms with Crippen LogP contribution in [0.5, 0.6) is 5.75 Å². The molecular weight excluding hydrogens is 583 g/mol. The predicted molar refractivity (Wildman–Crippen MR) is 131 cm³/mol. The number of rotatable bonds is 6. The summed E-state index contributed by atoms with van der Waals surface area (Å²) >= 11 is 6.87. The average Bonchev–Trinajstić information content (AvgIpc) is 3.06. The van der Waals surface area contributed by atoms with E-state index in [0.29, 0.717) is 20.3 Å². The van der Waals surface area contributed by atoms with Crippen LogP contribution in [0, 0.1) is 3.57 Å². The van der Waals surface area contributed by atoms with E-state index >= 15 is 0 Å². The first-order chi connectivity index (χ1) is 14.4. The zero-order valence-electron chi connectivity index (χ0n) is 16.2. The number of aryl methyl sites for hydroxylation is 1. The van der Waals surface area contributed by atoms with E-state index in [0.717, 1.165) is 21.2 Å². The van der Waals surface area contributed by atoms with E-state index in [1.165, 1.54) is 24.4 Å². The number of esters is 1. The quantitative estimate of drug-likeness (QED) is 0.285. The summed E-state index contributed by atoms with van der Waals surface area (Å²) in [5, 5.41) is 3.34. The van der Waals surface area contributed by atoms with E-state index in [1.54, 1.807) is 6.08 Å². The van der Waals surface area contributed by atoms with Crippen LogP contribution >= 0.6 is 50.3 Å². The van der Waals surface area contributed by atoms with Gasteiger partial charge in [0.05, 0.1) is 25.7 Å². The van der Waals surface area contributed by atoms with Crippen molar-refractivity contribution < 1.29 is 19.1 Å². The lowest BCUT2D eigenvalue weighted by molar-refractivity contribution is -0.142. The molecule has 2 aromatic carbocycles. The predicted octanol–water partition coefficient (Wildman–Crippen LogP) is 5.06. The lowest BCUT2D eigenvalue weighted by Crippen LogP contribution is -2.19. The number of thioether (sulfide) groups is 1. The van der Waals surface area contributed by atoms with E-state index in [4.69, 9.17) is 4.74 Å². The van der Waals surface area contributed by atoms with E-state index in [1.807, 2.05) is 36.4 Å². The maximum absolute atomic E-state index is 12.4. The Labute approximate surface area is 200 Å². The number of methoxy groups -OCH3 is 1. The van der Waals surface area contributed by atoms with Gasteiger partial charge in [0.1, 0.15) is 5.75 Å². The molecule has 0 unspecified atom stereocenters. The number of hydrogen-bond acceptors (Lipinski definition) is 6. The van der Waals surface area contributed by atoms with Gasteiger partial charge in [0, 0.05) is 0 Å². The lowest BCUT2D eigenvalue weighted by Gasteiger charge is -2.10. The van der Waals surface area contributed by atoms with E-state index < -0.39 is 5.97 Å². The Bertz CT molecular complexity index is 1010. The number of aliphatic imine (C=N–C) groups is 1. The number of nitrogens with zero attached hydrogens (tertiary/aromatic N) is 1. The molecule has 0 aromatic heterocycles. The van der Waals surface area contributed by atoms with Crippen LogP contribution in [-0.4, -0.2) is 30.8 Å². The Kier molecular flexibility index (Phi) is 7.95. The van der Waals surface area contributed by atoms with Gasteiger partial charge in [-0.15, -0.1) is 0 Å². The summed E-state index contributed by atoms with van der Waals surface area (Å²) in [7, 11) is 1.31. The summed E-state index contributed by atoms with van der Waals surface area (Å²) in [4.78, 5) is 28.7. The van der Waals surface area contributed by atoms with Gasteiger partial charge in [0.2, 0.25) is 0 Å².